The minimum atomic E-state index is 0.404. The average Bonchev–Trinajstić information content (AvgIpc) is 1.99. The van der Waals surface area contributed by atoms with E-state index in [4.69, 9.17) is 7.85 Å². The normalized spacial score (nSPS) is 33.4. The van der Waals surface area contributed by atoms with Crippen molar-refractivity contribution < 1.29 is 0 Å². The molecule has 0 spiro atoms. The van der Waals surface area contributed by atoms with Gasteiger partial charge in [-0.25, -0.2) is 0 Å². The molecule has 0 N–H and O–H groups in total. The van der Waals surface area contributed by atoms with Crippen LogP contribution in [0.4, 0.5) is 0 Å². The van der Waals surface area contributed by atoms with E-state index in [1.807, 2.05) is 0 Å². The summed E-state index contributed by atoms with van der Waals surface area (Å²) in [4.78, 5) is 0. The summed E-state index contributed by atoms with van der Waals surface area (Å²) in [6, 6.07) is 0. The molecule has 0 heterocycles. The summed E-state index contributed by atoms with van der Waals surface area (Å²) in [6.45, 7) is 4.53. The second-order valence-electron chi connectivity index (χ2n) is 5.05. The van der Waals surface area contributed by atoms with Crippen LogP contribution in [0.1, 0.15) is 58.8 Å². The van der Waals surface area contributed by atoms with Gasteiger partial charge in [0.05, 0.1) is 7.85 Å². The SMILES string of the molecule is [B][C@@H](C)CC1CCCC(C)CCC1. The molecule has 0 amide bonds. The first-order valence-corrected chi connectivity index (χ1v) is 5.94. The summed E-state index contributed by atoms with van der Waals surface area (Å²) < 4.78 is 0. The summed E-state index contributed by atoms with van der Waals surface area (Å²) >= 11 is 0. The van der Waals surface area contributed by atoms with Crippen molar-refractivity contribution in [1.29, 1.82) is 0 Å². The summed E-state index contributed by atoms with van der Waals surface area (Å²) in [5.41, 5.74) is 0. The van der Waals surface area contributed by atoms with E-state index in [0.717, 1.165) is 11.8 Å². The van der Waals surface area contributed by atoms with Gasteiger partial charge < -0.3 is 0 Å². The lowest BCUT2D eigenvalue weighted by Gasteiger charge is -2.23. The third-order valence-corrected chi connectivity index (χ3v) is 3.32. The summed E-state index contributed by atoms with van der Waals surface area (Å²) in [5.74, 6) is 2.30. The van der Waals surface area contributed by atoms with E-state index in [2.05, 4.69) is 13.8 Å². The maximum atomic E-state index is 5.84. The van der Waals surface area contributed by atoms with E-state index in [1.165, 1.54) is 44.9 Å². The zero-order chi connectivity index (χ0) is 9.68. The minimum Gasteiger partial charge on any atom is -0.0799 e. The number of hydrogen-bond acceptors (Lipinski definition) is 0. The van der Waals surface area contributed by atoms with Gasteiger partial charge in [-0.05, 0) is 11.8 Å². The maximum Gasteiger partial charge on any atom is 0.0695 e. The van der Waals surface area contributed by atoms with E-state index < -0.39 is 0 Å². The standard InChI is InChI=1S/C12H23B/c1-10-5-3-7-12(8-4-6-10)9-11(2)13/h10-12H,3-9H2,1-2H3/t10?,11-,12?/m0/s1. The van der Waals surface area contributed by atoms with Crippen LogP contribution in [-0.2, 0) is 0 Å². The minimum absolute atomic E-state index is 0.404. The molecule has 0 bridgehead atoms. The molecule has 0 nitrogen and oxygen atoms in total. The summed E-state index contributed by atoms with van der Waals surface area (Å²) in [5, 5.41) is 0. The first-order chi connectivity index (χ1) is 6.18. The molecule has 0 aromatic carbocycles. The van der Waals surface area contributed by atoms with Crippen LogP contribution in [0.5, 0.6) is 0 Å². The Bertz CT molecular complexity index is 121. The zero-order valence-electron chi connectivity index (χ0n) is 9.26. The maximum absolute atomic E-state index is 5.84. The van der Waals surface area contributed by atoms with Crippen molar-refractivity contribution >= 4 is 7.85 Å². The molecule has 0 unspecified atom stereocenters. The topological polar surface area (TPSA) is 0 Å². The third-order valence-electron chi connectivity index (χ3n) is 3.32. The molecule has 0 saturated heterocycles. The molecule has 1 saturated carbocycles. The molecule has 13 heavy (non-hydrogen) atoms. The van der Waals surface area contributed by atoms with Gasteiger partial charge in [0, 0.05) is 0 Å². The van der Waals surface area contributed by atoms with Gasteiger partial charge in [0.1, 0.15) is 0 Å². The van der Waals surface area contributed by atoms with Crippen molar-refractivity contribution in [3.8, 4) is 0 Å². The molecule has 1 aliphatic carbocycles. The number of rotatable bonds is 2. The molecule has 0 aromatic rings. The average molecular weight is 178 g/mol. The fourth-order valence-electron chi connectivity index (χ4n) is 2.56. The Morgan fingerprint density at radius 1 is 1.15 bits per heavy atom. The lowest BCUT2D eigenvalue weighted by atomic mass is 9.76. The molecule has 0 aromatic heterocycles. The Kier molecular flexibility index (Phi) is 4.91. The first kappa shape index (κ1) is 11.1. The van der Waals surface area contributed by atoms with Crippen LogP contribution in [0.25, 0.3) is 0 Å². The van der Waals surface area contributed by atoms with Crippen molar-refractivity contribution in [2.24, 2.45) is 11.8 Å². The first-order valence-electron chi connectivity index (χ1n) is 5.94. The third kappa shape index (κ3) is 4.74. The quantitative estimate of drug-likeness (QED) is 0.561. The highest BCUT2D eigenvalue weighted by Crippen LogP contribution is 2.30. The Balaban J connectivity index is 2.24. The van der Waals surface area contributed by atoms with Gasteiger partial charge in [0.15, 0.2) is 0 Å². The van der Waals surface area contributed by atoms with Gasteiger partial charge in [-0.3, -0.25) is 0 Å². The van der Waals surface area contributed by atoms with Crippen LogP contribution in [0, 0.1) is 11.8 Å². The smallest absolute Gasteiger partial charge is 0.0695 e. The molecule has 1 heteroatoms. The highest BCUT2D eigenvalue weighted by Gasteiger charge is 2.14. The van der Waals surface area contributed by atoms with Crippen LogP contribution in [0.15, 0.2) is 0 Å². The molecule has 1 fully saturated rings. The van der Waals surface area contributed by atoms with Crippen LogP contribution in [0.3, 0.4) is 0 Å². The van der Waals surface area contributed by atoms with Crippen LogP contribution >= 0.6 is 0 Å². The lowest BCUT2D eigenvalue weighted by molar-refractivity contribution is 0.316. The van der Waals surface area contributed by atoms with Gasteiger partial charge in [0.2, 0.25) is 0 Å². The molecule has 1 atom stereocenters. The Labute approximate surface area is 84.9 Å². The predicted molar refractivity (Wildman–Crippen MR) is 60.2 cm³/mol. The fraction of sp³-hybridized carbons (Fsp3) is 1.00. The molecule has 2 radical (unpaired) electrons. The molecular formula is C12H23B. The summed E-state index contributed by atoms with van der Waals surface area (Å²) in [6.07, 6.45) is 9.83. The molecule has 0 aliphatic heterocycles. The van der Waals surface area contributed by atoms with Crippen LogP contribution < -0.4 is 0 Å². The van der Waals surface area contributed by atoms with Gasteiger partial charge in [-0.1, -0.05) is 64.6 Å². The van der Waals surface area contributed by atoms with E-state index >= 15 is 0 Å². The largest absolute Gasteiger partial charge is 0.0799 e. The Morgan fingerprint density at radius 2 is 1.69 bits per heavy atom. The molecule has 1 rings (SSSR count). The number of hydrogen-bond donors (Lipinski definition) is 0. The highest BCUT2D eigenvalue weighted by molar-refractivity contribution is 6.11. The molecular weight excluding hydrogens is 155 g/mol. The van der Waals surface area contributed by atoms with Gasteiger partial charge in [0.25, 0.3) is 0 Å². The van der Waals surface area contributed by atoms with E-state index in [-0.39, 0.29) is 0 Å². The second-order valence-corrected chi connectivity index (χ2v) is 5.05. The van der Waals surface area contributed by atoms with E-state index in [9.17, 15) is 0 Å². The van der Waals surface area contributed by atoms with Crippen LogP contribution in [0.2, 0.25) is 5.82 Å². The summed E-state index contributed by atoms with van der Waals surface area (Å²) in [7, 11) is 5.84. The van der Waals surface area contributed by atoms with Crippen molar-refractivity contribution in [3.63, 3.8) is 0 Å². The molecule has 74 valence electrons. The predicted octanol–water partition coefficient (Wildman–Crippen LogP) is 3.96. The van der Waals surface area contributed by atoms with E-state index in [1.54, 1.807) is 0 Å². The Hall–Kier alpha value is 0.0649. The highest BCUT2D eigenvalue weighted by atomic mass is 14.2. The second kappa shape index (κ2) is 5.72. The Morgan fingerprint density at radius 3 is 2.15 bits per heavy atom. The van der Waals surface area contributed by atoms with Crippen LogP contribution in [-0.4, -0.2) is 7.85 Å². The fourth-order valence-corrected chi connectivity index (χ4v) is 2.56. The zero-order valence-corrected chi connectivity index (χ0v) is 9.26. The monoisotopic (exact) mass is 178 g/mol. The van der Waals surface area contributed by atoms with Crippen molar-refractivity contribution in [1.82, 2.24) is 0 Å². The van der Waals surface area contributed by atoms with Crippen molar-refractivity contribution in [2.75, 3.05) is 0 Å². The van der Waals surface area contributed by atoms with Gasteiger partial charge >= 0.3 is 0 Å². The van der Waals surface area contributed by atoms with Crippen molar-refractivity contribution in [2.45, 2.75) is 64.6 Å². The van der Waals surface area contributed by atoms with Crippen molar-refractivity contribution in [3.05, 3.63) is 0 Å². The van der Waals surface area contributed by atoms with Gasteiger partial charge in [-0.2, -0.15) is 0 Å². The lowest BCUT2D eigenvalue weighted by Crippen LogP contribution is -2.09. The molecule has 1 aliphatic rings. The van der Waals surface area contributed by atoms with E-state index in [0.29, 0.717) is 5.82 Å². The van der Waals surface area contributed by atoms with Gasteiger partial charge in [-0.15, -0.1) is 0 Å².